The Morgan fingerprint density at radius 1 is 1.28 bits per heavy atom. The Balaban J connectivity index is 2.28. The Hall–Kier alpha value is -0.470. The third-order valence-corrected chi connectivity index (χ3v) is 4.17. The second kappa shape index (κ2) is 6.12. The largest absolute Gasteiger partial charge is 0.320 e. The number of benzene rings is 1. The molecular formula is C12H7Br2IN2O. The molecule has 2 rings (SSSR count). The molecule has 0 fully saturated rings. The van der Waals surface area contributed by atoms with Crippen LogP contribution in [-0.2, 0) is 0 Å². The van der Waals surface area contributed by atoms with Crippen LogP contribution in [0.3, 0.4) is 0 Å². The third kappa shape index (κ3) is 3.30. The lowest BCUT2D eigenvalue weighted by Gasteiger charge is -2.08. The highest BCUT2D eigenvalue weighted by Crippen LogP contribution is 2.23. The number of hydrogen-bond acceptors (Lipinski definition) is 2. The first kappa shape index (κ1) is 14.0. The van der Waals surface area contributed by atoms with Crippen LogP contribution in [0.4, 0.5) is 5.69 Å². The molecule has 1 amide bonds. The minimum atomic E-state index is -0.172. The van der Waals surface area contributed by atoms with Gasteiger partial charge in [0.15, 0.2) is 0 Å². The van der Waals surface area contributed by atoms with Crippen molar-refractivity contribution in [1.82, 2.24) is 4.98 Å². The SMILES string of the molecule is O=C(Nc1cccnc1Br)c1cc(I)ccc1Br. The standard InChI is InChI=1S/C12H7Br2IN2O/c13-9-4-3-7(15)6-8(9)12(18)17-10-2-1-5-16-11(10)14/h1-6H,(H,17,18). The van der Waals surface area contributed by atoms with Crippen LogP contribution in [0.15, 0.2) is 45.6 Å². The molecule has 0 saturated carbocycles. The Bertz CT molecular complexity index is 604. The lowest BCUT2D eigenvalue weighted by atomic mass is 10.2. The fourth-order valence-corrected chi connectivity index (χ4v) is 2.61. The van der Waals surface area contributed by atoms with E-state index in [4.69, 9.17) is 0 Å². The van der Waals surface area contributed by atoms with Gasteiger partial charge in [-0.15, -0.1) is 0 Å². The number of rotatable bonds is 2. The maximum Gasteiger partial charge on any atom is 0.256 e. The van der Waals surface area contributed by atoms with E-state index in [1.807, 2.05) is 18.2 Å². The average Bonchev–Trinajstić information content (AvgIpc) is 2.35. The summed E-state index contributed by atoms with van der Waals surface area (Å²) in [4.78, 5) is 16.2. The second-order valence-corrected chi connectivity index (χ2v) is 6.27. The molecule has 0 aliphatic carbocycles. The normalized spacial score (nSPS) is 10.2. The molecule has 0 spiro atoms. The van der Waals surface area contributed by atoms with E-state index >= 15 is 0 Å². The minimum absolute atomic E-state index is 0.172. The van der Waals surface area contributed by atoms with E-state index in [1.54, 1.807) is 18.3 Å². The van der Waals surface area contributed by atoms with Gasteiger partial charge in [-0.05, 0) is 84.8 Å². The van der Waals surface area contributed by atoms with E-state index in [2.05, 4.69) is 64.8 Å². The van der Waals surface area contributed by atoms with Crippen LogP contribution in [0.2, 0.25) is 0 Å². The molecule has 0 bridgehead atoms. The molecule has 0 radical (unpaired) electrons. The van der Waals surface area contributed by atoms with Gasteiger partial charge < -0.3 is 5.32 Å². The van der Waals surface area contributed by atoms with Crippen molar-refractivity contribution < 1.29 is 4.79 Å². The Morgan fingerprint density at radius 2 is 2.06 bits per heavy atom. The Morgan fingerprint density at radius 3 is 2.78 bits per heavy atom. The molecule has 92 valence electrons. The van der Waals surface area contributed by atoms with Crippen molar-refractivity contribution in [3.8, 4) is 0 Å². The van der Waals surface area contributed by atoms with Gasteiger partial charge in [-0.3, -0.25) is 4.79 Å². The highest BCUT2D eigenvalue weighted by Gasteiger charge is 2.12. The molecule has 1 aromatic carbocycles. The maximum atomic E-state index is 12.1. The average molecular weight is 482 g/mol. The number of pyridine rings is 1. The molecule has 0 atom stereocenters. The number of nitrogens with one attached hydrogen (secondary N) is 1. The number of hydrogen-bond donors (Lipinski definition) is 1. The van der Waals surface area contributed by atoms with Crippen molar-refractivity contribution in [2.24, 2.45) is 0 Å². The molecule has 2 aromatic rings. The minimum Gasteiger partial charge on any atom is -0.320 e. The zero-order chi connectivity index (χ0) is 13.1. The zero-order valence-electron chi connectivity index (χ0n) is 8.95. The van der Waals surface area contributed by atoms with E-state index in [9.17, 15) is 4.79 Å². The number of halogens is 3. The predicted molar refractivity (Wildman–Crippen MR) is 86.7 cm³/mol. The summed E-state index contributed by atoms with van der Waals surface area (Å²) in [5.74, 6) is -0.172. The zero-order valence-corrected chi connectivity index (χ0v) is 14.3. The molecule has 0 unspecified atom stereocenters. The molecule has 1 N–H and O–H groups in total. The molecule has 6 heteroatoms. The van der Waals surface area contributed by atoms with Gasteiger partial charge in [0, 0.05) is 14.2 Å². The van der Waals surface area contributed by atoms with Gasteiger partial charge in [-0.1, -0.05) is 0 Å². The van der Waals surface area contributed by atoms with Crippen LogP contribution >= 0.6 is 54.5 Å². The highest BCUT2D eigenvalue weighted by atomic mass is 127. The summed E-state index contributed by atoms with van der Waals surface area (Å²) < 4.78 is 2.38. The van der Waals surface area contributed by atoms with E-state index in [0.717, 1.165) is 8.04 Å². The quantitative estimate of drug-likeness (QED) is 0.508. The van der Waals surface area contributed by atoms with Gasteiger partial charge in [-0.25, -0.2) is 4.98 Å². The first-order valence-corrected chi connectivity index (χ1v) is 7.61. The fourth-order valence-electron chi connectivity index (χ4n) is 1.34. The van der Waals surface area contributed by atoms with Crippen LogP contribution in [0.5, 0.6) is 0 Å². The summed E-state index contributed by atoms with van der Waals surface area (Å²) in [7, 11) is 0. The number of nitrogens with zero attached hydrogens (tertiary/aromatic N) is 1. The summed E-state index contributed by atoms with van der Waals surface area (Å²) in [6.07, 6.45) is 1.65. The van der Waals surface area contributed by atoms with E-state index in [1.165, 1.54) is 0 Å². The molecule has 3 nitrogen and oxygen atoms in total. The van der Waals surface area contributed by atoms with Gasteiger partial charge >= 0.3 is 0 Å². The number of carbonyl (C=O) groups is 1. The van der Waals surface area contributed by atoms with Crippen molar-refractivity contribution in [3.63, 3.8) is 0 Å². The summed E-state index contributed by atoms with van der Waals surface area (Å²) in [6, 6.07) is 9.17. The summed E-state index contributed by atoms with van der Waals surface area (Å²) in [5, 5.41) is 2.81. The van der Waals surface area contributed by atoms with E-state index in [-0.39, 0.29) is 5.91 Å². The van der Waals surface area contributed by atoms with Gasteiger partial charge in [-0.2, -0.15) is 0 Å². The van der Waals surface area contributed by atoms with Crippen molar-refractivity contribution in [3.05, 3.63) is 54.7 Å². The van der Waals surface area contributed by atoms with Crippen LogP contribution < -0.4 is 5.32 Å². The lowest BCUT2D eigenvalue weighted by Crippen LogP contribution is -2.13. The molecule has 18 heavy (non-hydrogen) atoms. The van der Waals surface area contributed by atoms with Crippen molar-refractivity contribution in [2.75, 3.05) is 5.32 Å². The smallest absolute Gasteiger partial charge is 0.256 e. The van der Waals surface area contributed by atoms with Crippen LogP contribution in [-0.4, -0.2) is 10.9 Å². The van der Waals surface area contributed by atoms with Gasteiger partial charge in [0.25, 0.3) is 5.91 Å². The monoisotopic (exact) mass is 480 g/mol. The van der Waals surface area contributed by atoms with Crippen LogP contribution in [0.25, 0.3) is 0 Å². The lowest BCUT2D eigenvalue weighted by molar-refractivity contribution is 0.102. The number of carbonyl (C=O) groups excluding carboxylic acids is 1. The fraction of sp³-hybridized carbons (Fsp3) is 0. The van der Waals surface area contributed by atoms with Gasteiger partial charge in [0.2, 0.25) is 0 Å². The maximum absolute atomic E-state index is 12.1. The van der Waals surface area contributed by atoms with Crippen molar-refractivity contribution in [1.29, 1.82) is 0 Å². The number of anilines is 1. The first-order valence-electron chi connectivity index (χ1n) is 4.95. The van der Waals surface area contributed by atoms with E-state index < -0.39 is 0 Å². The Labute approximate surface area is 135 Å². The third-order valence-electron chi connectivity index (χ3n) is 2.18. The van der Waals surface area contributed by atoms with Crippen LogP contribution in [0, 0.1) is 3.57 Å². The van der Waals surface area contributed by atoms with Gasteiger partial charge in [0.1, 0.15) is 4.60 Å². The van der Waals surface area contributed by atoms with E-state index in [0.29, 0.717) is 15.9 Å². The molecule has 0 aliphatic heterocycles. The topological polar surface area (TPSA) is 42.0 Å². The highest BCUT2D eigenvalue weighted by molar-refractivity contribution is 14.1. The van der Waals surface area contributed by atoms with Crippen molar-refractivity contribution in [2.45, 2.75) is 0 Å². The summed E-state index contributed by atoms with van der Waals surface area (Å²) >= 11 is 8.83. The van der Waals surface area contributed by atoms with Crippen LogP contribution in [0.1, 0.15) is 10.4 Å². The van der Waals surface area contributed by atoms with Gasteiger partial charge in [0.05, 0.1) is 11.3 Å². The second-order valence-electron chi connectivity index (χ2n) is 3.42. The predicted octanol–water partition coefficient (Wildman–Crippen LogP) is 4.46. The first-order chi connectivity index (χ1) is 8.58. The number of aromatic nitrogens is 1. The summed E-state index contributed by atoms with van der Waals surface area (Å²) in [5.41, 5.74) is 1.24. The van der Waals surface area contributed by atoms with Crippen molar-refractivity contribution >= 4 is 66.0 Å². The molecular weight excluding hydrogens is 475 g/mol. The number of amides is 1. The molecule has 1 aromatic heterocycles. The molecule has 0 saturated heterocycles. The molecule has 1 heterocycles. The Kier molecular flexibility index (Phi) is 4.74. The summed E-state index contributed by atoms with van der Waals surface area (Å²) in [6.45, 7) is 0. The molecule has 0 aliphatic rings.